The van der Waals surface area contributed by atoms with Gasteiger partial charge < -0.3 is 15.4 Å². The van der Waals surface area contributed by atoms with Crippen molar-refractivity contribution in [3.8, 4) is 0 Å². The number of fused-ring (bicyclic) bond motifs is 1. The smallest absolute Gasteiger partial charge is 0.252 e. The van der Waals surface area contributed by atoms with Gasteiger partial charge in [-0.05, 0) is 60.5 Å². The highest BCUT2D eigenvalue weighted by Gasteiger charge is 2.68. The normalized spacial score (nSPS) is 33.9. The van der Waals surface area contributed by atoms with E-state index < -0.39 is 0 Å². The number of aromatic nitrogens is 1. The second-order valence-electron chi connectivity index (χ2n) is 10.3. The van der Waals surface area contributed by atoms with Crippen molar-refractivity contribution in [3.05, 3.63) is 30.1 Å². The van der Waals surface area contributed by atoms with E-state index in [0.29, 0.717) is 23.9 Å². The van der Waals surface area contributed by atoms with E-state index in [4.69, 9.17) is 4.74 Å². The van der Waals surface area contributed by atoms with E-state index in [1.165, 1.54) is 6.42 Å². The van der Waals surface area contributed by atoms with Crippen LogP contribution in [0.4, 0.5) is 0 Å². The Balaban J connectivity index is 1.43. The number of nitrogens with zero attached hydrogens (tertiary/aromatic N) is 1. The molecule has 2 amide bonds. The summed E-state index contributed by atoms with van der Waals surface area (Å²) < 4.78 is 6.22. The van der Waals surface area contributed by atoms with Gasteiger partial charge in [0.15, 0.2) is 0 Å². The minimum absolute atomic E-state index is 0.00639. The van der Waals surface area contributed by atoms with Crippen molar-refractivity contribution in [3.63, 3.8) is 0 Å². The first-order valence-corrected chi connectivity index (χ1v) is 11.4. The molecule has 0 radical (unpaired) electrons. The summed E-state index contributed by atoms with van der Waals surface area (Å²) in [6, 6.07) is 3.74. The fraction of sp³-hybridized carbons (Fsp3) is 0.708. The third-order valence-corrected chi connectivity index (χ3v) is 8.07. The Labute approximate surface area is 179 Å². The largest absolute Gasteiger partial charge is 0.378 e. The van der Waals surface area contributed by atoms with Crippen molar-refractivity contribution in [1.82, 2.24) is 15.6 Å². The highest BCUT2D eigenvalue weighted by molar-refractivity contribution is 5.93. The minimum Gasteiger partial charge on any atom is -0.378 e. The van der Waals surface area contributed by atoms with Gasteiger partial charge in [0.05, 0.1) is 11.7 Å². The summed E-state index contributed by atoms with van der Waals surface area (Å²) in [4.78, 5) is 28.9. The van der Waals surface area contributed by atoms with Crippen molar-refractivity contribution >= 4 is 11.8 Å². The van der Waals surface area contributed by atoms with Gasteiger partial charge in [-0.15, -0.1) is 0 Å². The molecule has 2 bridgehead atoms. The number of hydrogen-bond donors (Lipinski definition) is 2. The molecule has 1 aromatic heterocycles. The number of rotatable bonds is 6. The third kappa shape index (κ3) is 3.53. The van der Waals surface area contributed by atoms with Crippen LogP contribution in [0.5, 0.6) is 0 Å². The standard InChI is InChI=1S/C24H35N3O3/c1-15(2)20(28)27-22-23(3,4)17-12-18-19(30-11-8-24(18,22)13-17)7-10-26-21(29)16-6-5-9-25-14-16/h5-6,9,14-15,17-19,22H,7-8,10-13H2,1-4H3,(H,26,29)(H,27,28)/t17-,18-,19-,22-,24?/m1/s1. The zero-order chi connectivity index (χ0) is 21.5. The van der Waals surface area contributed by atoms with E-state index in [2.05, 4.69) is 29.5 Å². The van der Waals surface area contributed by atoms with E-state index >= 15 is 0 Å². The Morgan fingerprint density at radius 3 is 2.83 bits per heavy atom. The van der Waals surface area contributed by atoms with Crippen LogP contribution in [0, 0.1) is 28.6 Å². The Morgan fingerprint density at radius 1 is 1.33 bits per heavy atom. The van der Waals surface area contributed by atoms with Crippen LogP contribution < -0.4 is 10.6 Å². The van der Waals surface area contributed by atoms with Crippen molar-refractivity contribution in [2.45, 2.75) is 65.5 Å². The van der Waals surface area contributed by atoms with Crippen molar-refractivity contribution in [2.75, 3.05) is 13.2 Å². The van der Waals surface area contributed by atoms with Crippen molar-refractivity contribution in [1.29, 1.82) is 0 Å². The molecule has 2 heterocycles. The third-order valence-electron chi connectivity index (χ3n) is 8.07. The number of hydrogen-bond acceptors (Lipinski definition) is 4. The first-order chi connectivity index (χ1) is 14.3. The van der Waals surface area contributed by atoms with Crippen LogP contribution in [0.2, 0.25) is 0 Å². The lowest BCUT2D eigenvalue weighted by molar-refractivity contribution is -0.138. The molecule has 2 saturated carbocycles. The SMILES string of the molecule is CC(C)C(=O)N[C@@H]1C(C)(C)[C@@H]2C[C@@H]3[C@@H](CCNC(=O)c4cccnc4)OCCC31C2. The molecule has 0 aromatic carbocycles. The molecule has 1 spiro atoms. The van der Waals surface area contributed by atoms with Gasteiger partial charge in [0.2, 0.25) is 5.91 Å². The molecule has 3 fully saturated rings. The van der Waals surface area contributed by atoms with Crippen LogP contribution in [0.15, 0.2) is 24.5 Å². The molecule has 6 heteroatoms. The van der Waals surface area contributed by atoms with Gasteiger partial charge in [-0.25, -0.2) is 0 Å². The van der Waals surface area contributed by atoms with Crippen LogP contribution in [0.25, 0.3) is 0 Å². The summed E-state index contributed by atoms with van der Waals surface area (Å²) in [5.41, 5.74) is 0.809. The van der Waals surface area contributed by atoms with E-state index in [-0.39, 0.29) is 40.7 Å². The van der Waals surface area contributed by atoms with Crippen LogP contribution in [0.3, 0.4) is 0 Å². The lowest BCUT2D eigenvalue weighted by atomic mass is 9.59. The minimum atomic E-state index is -0.0928. The molecule has 164 valence electrons. The van der Waals surface area contributed by atoms with Crippen LogP contribution >= 0.6 is 0 Å². The maximum absolute atomic E-state index is 12.6. The van der Waals surface area contributed by atoms with Gasteiger partial charge in [-0.2, -0.15) is 0 Å². The van der Waals surface area contributed by atoms with E-state index in [0.717, 1.165) is 25.9 Å². The summed E-state index contributed by atoms with van der Waals surface area (Å²) >= 11 is 0. The second-order valence-corrected chi connectivity index (χ2v) is 10.3. The Kier molecular flexibility index (Phi) is 5.64. The zero-order valence-corrected chi connectivity index (χ0v) is 18.6. The average molecular weight is 414 g/mol. The molecular weight excluding hydrogens is 378 g/mol. The lowest BCUT2D eigenvalue weighted by Crippen LogP contribution is -2.60. The maximum Gasteiger partial charge on any atom is 0.252 e. The summed E-state index contributed by atoms with van der Waals surface area (Å²) in [6.45, 7) is 9.89. The fourth-order valence-corrected chi connectivity index (χ4v) is 6.43. The van der Waals surface area contributed by atoms with E-state index in [1.807, 2.05) is 13.8 Å². The molecule has 1 aromatic rings. The van der Waals surface area contributed by atoms with Gasteiger partial charge in [0.1, 0.15) is 0 Å². The lowest BCUT2D eigenvalue weighted by Gasteiger charge is -2.53. The second kappa shape index (κ2) is 7.95. The number of nitrogens with one attached hydrogen (secondary N) is 2. The average Bonchev–Trinajstić information content (AvgIpc) is 3.21. The van der Waals surface area contributed by atoms with Gasteiger partial charge in [0, 0.05) is 37.5 Å². The van der Waals surface area contributed by atoms with Gasteiger partial charge >= 0.3 is 0 Å². The topological polar surface area (TPSA) is 80.3 Å². The fourth-order valence-electron chi connectivity index (χ4n) is 6.43. The molecule has 1 unspecified atom stereocenters. The molecule has 30 heavy (non-hydrogen) atoms. The first kappa shape index (κ1) is 21.3. The molecule has 1 aliphatic heterocycles. The van der Waals surface area contributed by atoms with Gasteiger partial charge in [-0.1, -0.05) is 27.7 Å². The Bertz CT molecular complexity index is 794. The maximum atomic E-state index is 12.6. The number of carbonyl (C=O) groups excluding carboxylic acids is 2. The molecule has 4 rings (SSSR count). The first-order valence-electron chi connectivity index (χ1n) is 11.4. The number of carbonyl (C=O) groups is 2. The number of ether oxygens (including phenoxy) is 1. The monoisotopic (exact) mass is 413 g/mol. The summed E-state index contributed by atoms with van der Waals surface area (Å²) in [6.07, 6.45) is 7.53. The summed E-state index contributed by atoms with van der Waals surface area (Å²) in [7, 11) is 0. The predicted molar refractivity (Wildman–Crippen MR) is 115 cm³/mol. The van der Waals surface area contributed by atoms with E-state index in [9.17, 15) is 9.59 Å². The number of pyridine rings is 1. The van der Waals surface area contributed by atoms with E-state index in [1.54, 1.807) is 24.5 Å². The van der Waals surface area contributed by atoms with Crippen molar-refractivity contribution in [2.24, 2.45) is 28.6 Å². The summed E-state index contributed by atoms with van der Waals surface area (Å²) in [5.74, 6) is 1.10. The molecular formula is C24H35N3O3. The van der Waals surface area contributed by atoms with Gasteiger partial charge in [-0.3, -0.25) is 14.6 Å². The molecule has 6 nitrogen and oxygen atoms in total. The Morgan fingerprint density at radius 2 is 2.13 bits per heavy atom. The highest BCUT2D eigenvalue weighted by atomic mass is 16.5. The molecule has 1 saturated heterocycles. The molecule has 2 N–H and O–H groups in total. The quantitative estimate of drug-likeness (QED) is 0.751. The van der Waals surface area contributed by atoms with Crippen LogP contribution in [0.1, 0.15) is 63.7 Å². The van der Waals surface area contributed by atoms with Crippen LogP contribution in [-0.4, -0.2) is 42.1 Å². The highest BCUT2D eigenvalue weighted by Crippen LogP contribution is 2.68. The number of amides is 2. The molecule has 2 aliphatic carbocycles. The summed E-state index contributed by atoms with van der Waals surface area (Å²) in [5, 5.41) is 6.45. The Hall–Kier alpha value is -1.95. The predicted octanol–water partition coefficient (Wildman–Crippen LogP) is 3.18. The van der Waals surface area contributed by atoms with Crippen LogP contribution in [-0.2, 0) is 9.53 Å². The zero-order valence-electron chi connectivity index (χ0n) is 18.6. The molecule has 3 aliphatic rings. The van der Waals surface area contributed by atoms with Crippen molar-refractivity contribution < 1.29 is 14.3 Å². The van der Waals surface area contributed by atoms with Gasteiger partial charge in [0.25, 0.3) is 5.91 Å². The molecule has 5 atom stereocenters.